The molecule has 0 N–H and O–H groups in total. The van der Waals surface area contributed by atoms with Gasteiger partial charge >= 0.3 is 0 Å². The van der Waals surface area contributed by atoms with E-state index in [1.54, 1.807) is 24.4 Å². The van der Waals surface area contributed by atoms with Gasteiger partial charge in [0.15, 0.2) is 0 Å². The molecular weight excluding hydrogens is 315 g/mol. The van der Waals surface area contributed by atoms with Gasteiger partial charge in [-0.3, -0.25) is 4.99 Å². The SMILES string of the molecule is CCOc1ccc(-n2c(C)cc(C=Nc3ccccc3F)c2C)cc1. The molecule has 25 heavy (non-hydrogen) atoms. The molecule has 128 valence electrons. The van der Waals surface area contributed by atoms with Crippen molar-refractivity contribution in [3.63, 3.8) is 0 Å². The average Bonchev–Trinajstić information content (AvgIpc) is 2.89. The number of para-hydroxylation sites is 1. The van der Waals surface area contributed by atoms with Gasteiger partial charge in [-0.05, 0) is 63.2 Å². The van der Waals surface area contributed by atoms with E-state index in [2.05, 4.69) is 15.6 Å². The zero-order valence-electron chi connectivity index (χ0n) is 14.7. The number of halogens is 1. The van der Waals surface area contributed by atoms with Crippen LogP contribution in [0.4, 0.5) is 10.1 Å². The zero-order chi connectivity index (χ0) is 17.8. The van der Waals surface area contributed by atoms with E-state index in [-0.39, 0.29) is 5.82 Å². The van der Waals surface area contributed by atoms with Crippen LogP contribution in [0.2, 0.25) is 0 Å². The molecule has 0 aliphatic heterocycles. The van der Waals surface area contributed by atoms with Crippen molar-refractivity contribution >= 4 is 11.9 Å². The molecule has 0 bridgehead atoms. The number of rotatable bonds is 5. The molecular formula is C21H21FN2O. The highest BCUT2D eigenvalue weighted by Crippen LogP contribution is 2.23. The van der Waals surface area contributed by atoms with Gasteiger partial charge in [0.2, 0.25) is 0 Å². The molecule has 3 rings (SSSR count). The van der Waals surface area contributed by atoms with Crippen LogP contribution in [0.15, 0.2) is 59.6 Å². The molecule has 0 saturated carbocycles. The normalized spacial score (nSPS) is 11.2. The maximum absolute atomic E-state index is 13.7. The Morgan fingerprint density at radius 1 is 1.08 bits per heavy atom. The molecule has 0 atom stereocenters. The molecule has 0 saturated heterocycles. The first-order valence-electron chi connectivity index (χ1n) is 8.31. The Bertz CT molecular complexity index is 895. The minimum absolute atomic E-state index is 0.320. The zero-order valence-corrected chi connectivity index (χ0v) is 14.7. The van der Waals surface area contributed by atoms with Gasteiger partial charge in [0, 0.05) is 28.9 Å². The summed E-state index contributed by atoms with van der Waals surface area (Å²) in [4.78, 5) is 4.29. The molecule has 0 spiro atoms. The van der Waals surface area contributed by atoms with Crippen LogP contribution in [0.1, 0.15) is 23.9 Å². The Morgan fingerprint density at radius 2 is 1.80 bits per heavy atom. The fourth-order valence-corrected chi connectivity index (χ4v) is 2.87. The van der Waals surface area contributed by atoms with Crippen LogP contribution in [-0.4, -0.2) is 17.4 Å². The van der Waals surface area contributed by atoms with E-state index < -0.39 is 0 Å². The number of ether oxygens (including phenoxy) is 1. The van der Waals surface area contributed by atoms with Crippen molar-refractivity contribution in [3.05, 3.63) is 77.4 Å². The van der Waals surface area contributed by atoms with Gasteiger partial charge in [-0.1, -0.05) is 12.1 Å². The third-order valence-corrected chi connectivity index (χ3v) is 4.07. The van der Waals surface area contributed by atoms with E-state index in [9.17, 15) is 4.39 Å². The van der Waals surface area contributed by atoms with Gasteiger partial charge < -0.3 is 9.30 Å². The number of aromatic nitrogens is 1. The van der Waals surface area contributed by atoms with E-state index in [0.29, 0.717) is 12.3 Å². The lowest BCUT2D eigenvalue weighted by Crippen LogP contribution is -2.00. The van der Waals surface area contributed by atoms with E-state index in [0.717, 1.165) is 28.4 Å². The first-order chi connectivity index (χ1) is 12.1. The molecule has 4 heteroatoms. The fourth-order valence-electron chi connectivity index (χ4n) is 2.87. The summed E-state index contributed by atoms with van der Waals surface area (Å²) in [6.07, 6.45) is 1.71. The average molecular weight is 336 g/mol. The quantitative estimate of drug-likeness (QED) is 0.574. The Kier molecular flexibility index (Phi) is 4.98. The Morgan fingerprint density at radius 3 is 2.48 bits per heavy atom. The molecule has 3 aromatic rings. The number of benzene rings is 2. The Hall–Kier alpha value is -2.88. The number of hydrogen-bond donors (Lipinski definition) is 0. The summed E-state index contributed by atoms with van der Waals surface area (Å²) in [6, 6.07) is 16.6. The minimum Gasteiger partial charge on any atom is -0.494 e. The largest absolute Gasteiger partial charge is 0.494 e. The predicted octanol–water partition coefficient (Wildman–Crippen LogP) is 5.38. The van der Waals surface area contributed by atoms with Crippen molar-refractivity contribution < 1.29 is 9.13 Å². The van der Waals surface area contributed by atoms with Crippen molar-refractivity contribution in [1.82, 2.24) is 4.57 Å². The Balaban J connectivity index is 1.92. The Labute approximate surface area is 147 Å². The number of aliphatic imine (C=N–C) groups is 1. The molecule has 1 aromatic heterocycles. The number of hydrogen-bond acceptors (Lipinski definition) is 2. The van der Waals surface area contributed by atoms with Gasteiger partial charge in [-0.2, -0.15) is 0 Å². The van der Waals surface area contributed by atoms with E-state index in [1.807, 2.05) is 45.0 Å². The van der Waals surface area contributed by atoms with Crippen molar-refractivity contribution in [3.8, 4) is 11.4 Å². The summed E-state index contributed by atoms with van der Waals surface area (Å²) in [5.74, 6) is 0.536. The van der Waals surface area contributed by atoms with E-state index >= 15 is 0 Å². The summed E-state index contributed by atoms with van der Waals surface area (Å²) in [7, 11) is 0. The minimum atomic E-state index is -0.320. The lowest BCUT2D eigenvalue weighted by Gasteiger charge is -2.10. The summed E-state index contributed by atoms with van der Waals surface area (Å²) in [5.41, 5.74) is 4.52. The molecule has 1 heterocycles. The van der Waals surface area contributed by atoms with E-state index in [4.69, 9.17) is 4.74 Å². The van der Waals surface area contributed by atoms with Crippen LogP contribution in [0, 0.1) is 19.7 Å². The number of nitrogens with zero attached hydrogens (tertiary/aromatic N) is 2. The summed E-state index contributed by atoms with van der Waals surface area (Å²) >= 11 is 0. The van der Waals surface area contributed by atoms with Crippen molar-refractivity contribution in [2.24, 2.45) is 4.99 Å². The van der Waals surface area contributed by atoms with Gasteiger partial charge in [-0.15, -0.1) is 0 Å². The summed E-state index contributed by atoms with van der Waals surface area (Å²) in [5, 5.41) is 0. The smallest absolute Gasteiger partial charge is 0.148 e. The van der Waals surface area contributed by atoms with Crippen molar-refractivity contribution in [2.75, 3.05) is 6.61 Å². The van der Waals surface area contributed by atoms with Crippen LogP contribution >= 0.6 is 0 Å². The van der Waals surface area contributed by atoms with Gasteiger partial charge in [0.1, 0.15) is 11.6 Å². The molecule has 0 amide bonds. The second kappa shape index (κ2) is 7.34. The van der Waals surface area contributed by atoms with Crippen LogP contribution in [0.5, 0.6) is 5.75 Å². The molecule has 0 fully saturated rings. The van der Waals surface area contributed by atoms with Crippen LogP contribution < -0.4 is 4.74 Å². The fraction of sp³-hybridized carbons (Fsp3) is 0.190. The van der Waals surface area contributed by atoms with Crippen molar-refractivity contribution in [2.45, 2.75) is 20.8 Å². The highest BCUT2D eigenvalue weighted by atomic mass is 19.1. The van der Waals surface area contributed by atoms with E-state index in [1.165, 1.54) is 6.07 Å². The van der Waals surface area contributed by atoms with Gasteiger partial charge in [-0.25, -0.2) is 4.39 Å². The number of aryl methyl sites for hydroxylation is 1. The lowest BCUT2D eigenvalue weighted by molar-refractivity contribution is 0.340. The molecule has 0 aliphatic carbocycles. The topological polar surface area (TPSA) is 26.5 Å². The van der Waals surface area contributed by atoms with Crippen molar-refractivity contribution in [1.29, 1.82) is 0 Å². The highest BCUT2D eigenvalue weighted by Gasteiger charge is 2.10. The second-order valence-electron chi connectivity index (χ2n) is 5.80. The predicted molar refractivity (Wildman–Crippen MR) is 100 cm³/mol. The second-order valence-corrected chi connectivity index (χ2v) is 5.80. The first-order valence-corrected chi connectivity index (χ1v) is 8.31. The lowest BCUT2D eigenvalue weighted by atomic mass is 10.2. The molecule has 2 aromatic carbocycles. The third kappa shape index (κ3) is 3.63. The third-order valence-electron chi connectivity index (χ3n) is 4.07. The summed E-state index contributed by atoms with van der Waals surface area (Å²) in [6.45, 7) is 6.70. The van der Waals surface area contributed by atoms with Gasteiger partial charge in [0.05, 0.1) is 12.3 Å². The first kappa shape index (κ1) is 17.0. The van der Waals surface area contributed by atoms with Gasteiger partial charge in [0.25, 0.3) is 0 Å². The standard InChI is InChI=1S/C21H21FN2O/c1-4-25-19-11-9-18(10-12-19)24-15(2)13-17(16(24)3)14-23-21-8-6-5-7-20(21)22/h5-14H,4H2,1-3H3. The molecule has 0 aliphatic rings. The van der Waals surface area contributed by atoms with Crippen LogP contribution in [0.25, 0.3) is 5.69 Å². The highest BCUT2D eigenvalue weighted by molar-refractivity contribution is 5.84. The monoisotopic (exact) mass is 336 g/mol. The molecule has 3 nitrogen and oxygen atoms in total. The molecule has 0 unspecified atom stereocenters. The maximum atomic E-state index is 13.7. The van der Waals surface area contributed by atoms with Crippen LogP contribution in [0.3, 0.4) is 0 Å². The maximum Gasteiger partial charge on any atom is 0.148 e. The molecule has 0 radical (unpaired) electrons. The summed E-state index contributed by atoms with van der Waals surface area (Å²) < 4.78 is 21.4. The van der Waals surface area contributed by atoms with Crippen LogP contribution in [-0.2, 0) is 0 Å².